The molecule has 2 aliphatic carbocycles. The van der Waals surface area contributed by atoms with E-state index < -0.39 is 28.9 Å². The number of hydrogen-bond donors (Lipinski definition) is 0. The maximum Gasteiger partial charge on any atom is 0.419 e. The number of aromatic nitrogens is 3. The van der Waals surface area contributed by atoms with Gasteiger partial charge in [-0.3, -0.25) is 14.5 Å². The normalized spacial score (nSPS) is 28.5. The summed E-state index contributed by atoms with van der Waals surface area (Å²) < 4.78 is 80.1. The topological polar surface area (TPSA) is 54.3 Å². The fraction of sp³-hybridized carbons (Fsp3) is 0.667. The number of piperidine rings is 1. The molecule has 0 N–H and O–H groups in total. The molecule has 2 saturated carbocycles. The molecule has 12 heteroatoms. The average molecular weight is 556 g/mol. The van der Waals surface area contributed by atoms with Gasteiger partial charge in [0.25, 0.3) is 0 Å². The van der Waals surface area contributed by atoms with Gasteiger partial charge in [0.2, 0.25) is 5.91 Å². The van der Waals surface area contributed by atoms with Gasteiger partial charge in [-0.25, -0.2) is 0 Å². The molecule has 6 nitrogen and oxygen atoms in total. The van der Waals surface area contributed by atoms with E-state index in [2.05, 4.69) is 15.0 Å². The van der Waals surface area contributed by atoms with Crippen molar-refractivity contribution in [3.8, 4) is 0 Å². The Bertz CT molecular complexity index is 1230. The van der Waals surface area contributed by atoms with Crippen LogP contribution in [0.25, 0.3) is 0 Å². The van der Waals surface area contributed by atoms with E-state index in [4.69, 9.17) is 0 Å². The van der Waals surface area contributed by atoms with Crippen molar-refractivity contribution >= 4 is 5.91 Å². The molecule has 3 atom stereocenters. The number of fused-ring (bicyclic) bond motifs is 2. The van der Waals surface area contributed by atoms with Crippen molar-refractivity contribution in [2.75, 3.05) is 19.6 Å². The van der Waals surface area contributed by atoms with Gasteiger partial charge >= 0.3 is 12.4 Å². The molecule has 2 aromatic rings. The Morgan fingerprint density at radius 2 is 1.69 bits per heavy atom. The first-order valence-electron chi connectivity index (χ1n) is 13.6. The fourth-order valence-corrected chi connectivity index (χ4v) is 7.50. The third-order valence-corrected chi connectivity index (χ3v) is 9.51. The van der Waals surface area contributed by atoms with E-state index in [1.165, 1.54) is 4.68 Å². The maximum atomic E-state index is 14.0. The molecular weight excluding hydrogens is 524 g/mol. The summed E-state index contributed by atoms with van der Waals surface area (Å²) in [6, 6.07) is 1.27. The van der Waals surface area contributed by atoms with Crippen molar-refractivity contribution in [1.82, 2.24) is 24.6 Å². The fourth-order valence-electron chi connectivity index (χ4n) is 7.50. The smallest absolute Gasteiger partial charge is 0.337 e. The first-order chi connectivity index (χ1) is 18.4. The van der Waals surface area contributed by atoms with Crippen LogP contribution in [0.1, 0.15) is 73.4 Å². The van der Waals surface area contributed by atoms with Crippen LogP contribution in [-0.2, 0) is 30.1 Å². The zero-order chi connectivity index (χ0) is 27.6. The molecule has 1 amide bonds. The Balaban J connectivity index is 1.12. The van der Waals surface area contributed by atoms with Gasteiger partial charge in [0.05, 0.1) is 28.8 Å². The molecule has 6 rings (SSSR count). The summed E-state index contributed by atoms with van der Waals surface area (Å²) in [6.07, 6.45) is 0.130. The quantitative estimate of drug-likeness (QED) is 0.471. The van der Waals surface area contributed by atoms with Crippen LogP contribution in [0, 0.1) is 11.3 Å². The molecule has 0 radical (unpaired) electrons. The number of likely N-dealkylation sites (tertiary alicyclic amines) is 1. The summed E-state index contributed by atoms with van der Waals surface area (Å²) in [5.74, 6) is 0.302. The van der Waals surface area contributed by atoms with Crippen molar-refractivity contribution in [2.24, 2.45) is 11.3 Å². The second-order valence-corrected chi connectivity index (χ2v) is 11.6. The average Bonchev–Trinajstić information content (AvgIpc) is 3.62. The second-order valence-electron chi connectivity index (χ2n) is 11.6. The first kappa shape index (κ1) is 26.6. The molecular formula is C27H31F6N5O. The summed E-state index contributed by atoms with van der Waals surface area (Å²) in [7, 11) is 0. The Morgan fingerprint density at radius 3 is 2.38 bits per heavy atom. The molecule has 4 aliphatic rings. The van der Waals surface area contributed by atoms with Crippen molar-refractivity contribution in [3.63, 3.8) is 0 Å². The summed E-state index contributed by atoms with van der Waals surface area (Å²) in [6.45, 7) is 2.07. The van der Waals surface area contributed by atoms with Gasteiger partial charge in [-0.2, -0.15) is 31.4 Å². The number of pyridine rings is 1. The van der Waals surface area contributed by atoms with E-state index in [1.807, 2.05) is 0 Å². The minimum absolute atomic E-state index is 0.0571. The summed E-state index contributed by atoms with van der Waals surface area (Å²) in [5.41, 5.74) is -0.919. The van der Waals surface area contributed by atoms with Crippen LogP contribution in [0.2, 0.25) is 0 Å². The number of amides is 1. The SMILES string of the molecule is O=C(N1CCc2ncc(C(F)(F)F)cc2C1)[C@@]12CCC[C@@H]1C[C@@H](N1CCC(n3cc(C(F)(F)F)cn3)CC1)C2. The highest BCUT2D eigenvalue weighted by Gasteiger charge is 2.57. The number of halogens is 6. The third-order valence-electron chi connectivity index (χ3n) is 9.51. The van der Waals surface area contributed by atoms with Crippen molar-refractivity contribution in [1.29, 1.82) is 0 Å². The van der Waals surface area contributed by atoms with Crippen LogP contribution >= 0.6 is 0 Å². The molecule has 0 aromatic carbocycles. The number of hydrogen-bond acceptors (Lipinski definition) is 4. The van der Waals surface area contributed by atoms with Crippen LogP contribution in [0.4, 0.5) is 26.3 Å². The zero-order valence-corrected chi connectivity index (χ0v) is 21.4. The van der Waals surface area contributed by atoms with E-state index in [0.29, 0.717) is 37.1 Å². The summed E-state index contributed by atoms with van der Waals surface area (Å²) in [4.78, 5) is 22.2. The van der Waals surface area contributed by atoms with Gasteiger partial charge in [-0.15, -0.1) is 0 Å². The molecule has 0 unspecified atom stereocenters. The van der Waals surface area contributed by atoms with Gasteiger partial charge in [-0.1, -0.05) is 6.42 Å². The standard InChI is InChI=1S/C27H31F6N5O/c28-26(29,30)19-10-17-15-37(9-5-23(17)34-13-19)24(39)25-6-1-2-18(25)11-22(12-25)36-7-3-21(4-8-36)38-16-20(14-35-38)27(31,32)33/h10,13-14,16,18,21-22H,1-9,11-12,15H2/t18-,22-,25-/m1/s1. The van der Waals surface area contributed by atoms with E-state index in [9.17, 15) is 31.1 Å². The lowest BCUT2D eigenvalue weighted by Gasteiger charge is -2.39. The van der Waals surface area contributed by atoms with Crippen LogP contribution in [0.3, 0.4) is 0 Å². The summed E-state index contributed by atoms with van der Waals surface area (Å²) in [5, 5.41) is 3.96. The zero-order valence-electron chi connectivity index (χ0n) is 21.4. The highest BCUT2D eigenvalue weighted by atomic mass is 19.4. The molecule has 39 heavy (non-hydrogen) atoms. The van der Waals surface area contributed by atoms with E-state index >= 15 is 0 Å². The number of nitrogens with zero attached hydrogens (tertiary/aromatic N) is 5. The number of rotatable bonds is 3. The second kappa shape index (κ2) is 9.49. The van der Waals surface area contributed by atoms with E-state index in [0.717, 1.165) is 69.9 Å². The lowest BCUT2D eigenvalue weighted by atomic mass is 9.78. The molecule has 3 fully saturated rings. The first-order valence-corrected chi connectivity index (χ1v) is 13.6. The van der Waals surface area contributed by atoms with Gasteiger partial charge in [0.15, 0.2) is 0 Å². The van der Waals surface area contributed by atoms with Crippen LogP contribution in [-0.4, -0.2) is 56.1 Å². The number of carbonyl (C=O) groups is 1. The minimum atomic E-state index is -4.48. The molecule has 2 aliphatic heterocycles. The lowest BCUT2D eigenvalue weighted by molar-refractivity contribution is -0.144. The summed E-state index contributed by atoms with van der Waals surface area (Å²) >= 11 is 0. The highest BCUT2D eigenvalue weighted by Crippen LogP contribution is 2.57. The number of carbonyl (C=O) groups excluding carboxylic acids is 1. The van der Waals surface area contributed by atoms with Gasteiger partial charge in [0, 0.05) is 56.7 Å². The predicted molar refractivity (Wildman–Crippen MR) is 128 cm³/mol. The van der Waals surface area contributed by atoms with Gasteiger partial charge < -0.3 is 9.80 Å². The van der Waals surface area contributed by atoms with Crippen molar-refractivity contribution in [3.05, 3.63) is 47.0 Å². The molecule has 212 valence electrons. The molecule has 0 bridgehead atoms. The molecule has 2 aromatic heterocycles. The Labute approximate surface area is 222 Å². The van der Waals surface area contributed by atoms with Crippen molar-refractivity contribution < 1.29 is 31.1 Å². The molecule has 4 heterocycles. The Morgan fingerprint density at radius 1 is 0.949 bits per heavy atom. The largest absolute Gasteiger partial charge is 0.419 e. The minimum Gasteiger partial charge on any atom is -0.337 e. The van der Waals surface area contributed by atoms with E-state index in [-0.39, 0.29) is 30.5 Å². The molecule has 1 saturated heterocycles. The Hall–Kier alpha value is -2.63. The van der Waals surface area contributed by atoms with Gasteiger partial charge in [-0.05, 0) is 56.1 Å². The lowest BCUT2D eigenvalue weighted by Crippen LogP contribution is -2.47. The third kappa shape index (κ3) is 4.82. The van der Waals surface area contributed by atoms with Gasteiger partial charge in [0.1, 0.15) is 0 Å². The van der Waals surface area contributed by atoms with Crippen LogP contribution < -0.4 is 0 Å². The highest BCUT2D eigenvalue weighted by molar-refractivity contribution is 5.84. The van der Waals surface area contributed by atoms with Crippen LogP contribution in [0.15, 0.2) is 24.7 Å². The Kier molecular flexibility index (Phi) is 6.47. The monoisotopic (exact) mass is 555 g/mol. The number of alkyl halides is 6. The maximum absolute atomic E-state index is 14.0. The molecule has 0 spiro atoms. The van der Waals surface area contributed by atoms with Crippen LogP contribution in [0.5, 0.6) is 0 Å². The van der Waals surface area contributed by atoms with E-state index in [1.54, 1.807) is 4.90 Å². The predicted octanol–water partition coefficient (Wildman–Crippen LogP) is 5.49. The van der Waals surface area contributed by atoms with Crippen molar-refractivity contribution in [2.45, 2.75) is 82.3 Å².